The van der Waals surface area contributed by atoms with E-state index in [2.05, 4.69) is 20.5 Å². The maximum atomic E-state index is 13.4. The molecule has 32 heavy (non-hydrogen) atoms. The second-order valence-corrected chi connectivity index (χ2v) is 7.56. The Balaban J connectivity index is 1.35. The summed E-state index contributed by atoms with van der Waals surface area (Å²) in [6.45, 7) is 2.84. The predicted octanol–water partition coefficient (Wildman–Crippen LogP) is 4.29. The first-order valence-electron chi connectivity index (χ1n) is 9.88. The van der Waals surface area contributed by atoms with Crippen LogP contribution in [-0.4, -0.2) is 31.4 Å². The molecule has 0 saturated carbocycles. The van der Waals surface area contributed by atoms with Crippen LogP contribution in [0.3, 0.4) is 0 Å². The molecule has 0 bridgehead atoms. The van der Waals surface area contributed by atoms with Gasteiger partial charge in [-0.15, -0.1) is 10.2 Å². The second-order valence-electron chi connectivity index (χ2n) is 6.62. The number of halogens is 1. The van der Waals surface area contributed by atoms with Gasteiger partial charge in [0.15, 0.2) is 16.7 Å². The largest absolute Gasteiger partial charge is 0.461 e. The van der Waals surface area contributed by atoms with Gasteiger partial charge < -0.3 is 14.5 Å². The Kier molecular flexibility index (Phi) is 6.81. The molecule has 0 fully saturated rings. The van der Waals surface area contributed by atoms with Gasteiger partial charge in [-0.25, -0.2) is 9.37 Å². The molecular formula is C22H20FN5O3S. The molecular weight excluding hydrogens is 433 g/mol. The van der Waals surface area contributed by atoms with E-state index >= 15 is 0 Å². The molecule has 1 amide bonds. The van der Waals surface area contributed by atoms with Crippen molar-refractivity contribution in [3.05, 3.63) is 72.4 Å². The Morgan fingerprint density at radius 1 is 1.22 bits per heavy atom. The van der Waals surface area contributed by atoms with E-state index in [9.17, 15) is 9.18 Å². The van der Waals surface area contributed by atoms with Crippen LogP contribution >= 0.6 is 11.8 Å². The minimum absolute atomic E-state index is 0.163. The topological polar surface area (TPSA) is 95.1 Å². The van der Waals surface area contributed by atoms with Crippen LogP contribution in [0, 0.1) is 5.82 Å². The molecule has 0 spiro atoms. The summed E-state index contributed by atoms with van der Waals surface area (Å²) < 4.78 is 26.4. The monoisotopic (exact) mass is 453 g/mol. The Labute approximate surface area is 187 Å². The normalized spacial score (nSPS) is 10.8. The zero-order valence-corrected chi connectivity index (χ0v) is 18.0. The van der Waals surface area contributed by atoms with Gasteiger partial charge in [-0.3, -0.25) is 9.36 Å². The number of hydrogen-bond acceptors (Lipinski definition) is 7. The average molecular weight is 453 g/mol. The first-order chi connectivity index (χ1) is 15.6. The lowest BCUT2D eigenvalue weighted by Crippen LogP contribution is -2.25. The van der Waals surface area contributed by atoms with Crippen LogP contribution < -0.4 is 10.1 Å². The molecule has 3 heterocycles. The molecule has 0 aliphatic rings. The molecule has 0 aliphatic carbocycles. The number of thioether (sulfide) groups is 1. The number of nitrogens with one attached hydrogen (secondary N) is 1. The number of nitrogens with zero attached hydrogens (tertiary/aromatic N) is 4. The van der Waals surface area contributed by atoms with E-state index in [0.29, 0.717) is 40.5 Å². The lowest BCUT2D eigenvalue weighted by molar-refractivity contribution is -0.118. The van der Waals surface area contributed by atoms with Gasteiger partial charge in [0, 0.05) is 30.9 Å². The molecule has 10 heteroatoms. The van der Waals surface area contributed by atoms with E-state index in [-0.39, 0.29) is 18.2 Å². The summed E-state index contributed by atoms with van der Waals surface area (Å²) in [7, 11) is 0. The van der Waals surface area contributed by atoms with Crippen LogP contribution in [0.5, 0.6) is 11.6 Å². The van der Waals surface area contributed by atoms with Crippen LogP contribution in [0.1, 0.15) is 12.5 Å². The van der Waals surface area contributed by atoms with Crippen molar-refractivity contribution in [1.29, 1.82) is 0 Å². The van der Waals surface area contributed by atoms with Crippen molar-refractivity contribution >= 4 is 17.7 Å². The number of rotatable bonds is 9. The molecule has 1 aromatic carbocycles. The van der Waals surface area contributed by atoms with Crippen molar-refractivity contribution < 1.29 is 18.3 Å². The standard InChI is InChI=1S/C22H20FN5O3S/c1-2-28-20(18-9-5-11-30-18)26-27-22(28)32-14-19(29)25-13-15-6-4-10-24-21(15)31-17-8-3-7-16(23)12-17/h3-12H,2,13-14H2,1H3,(H,25,29). The predicted molar refractivity (Wildman–Crippen MR) is 117 cm³/mol. The molecule has 4 aromatic rings. The number of hydrogen-bond donors (Lipinski definition) is 1. The molecule has 3 aromatic heterocycles. The van der Waals surface area contributed by atoms with Gasteiger partial charge in [0.1, 0.15) is 11.6 Å². The highest BCUT2D eigenvalue weighted by molar-refractivity contribution is 7.99. The zero-order chi connectivity index (χ0) is 22.3. The van der Waals surface area contributed by atoms with E-state index in [1.807, 2.05) is 17.6 Å². The highest BCUT2D eigenvalue weighted by atomic mass is 32.2. The molecule has 1 N–H and O–H groups in total. The maximum Gasteiger partial charge on any atom is 0.230 e. The van der Waals surface area contributed by atoms with Crippen molar-refractivity contribution in [1.82, 2.24) is 25.1 Å². The maximum absolute atomic E-state index is 13.4. The third-order valence-electron chi connectivity index (χ3n) is 4.44. The molecule has 4 rings (SSSR count). The number of carbonyl (C=O) groups is 1. The molecule has 0 atom stereocenters. The third kappa shape index (κ3) is 5.14. The van der Waals surface area contributed by atoms with Gasteiger partial charge in [-0.2, -0.15) is 0 Å². The van der Waals surface area contributed by atoms with Crippen LogP contribution in [0.2, 0.25) is 0 Å². The smallest absolute Gasteiger partial charge is 0.230 e. The molecule has 0 aliphatic heterocycles. The Bertz CT molecular complexity index is 1200. The molecule has 0 unspecified atom stereocenters. The van der Waals surface area contributed by atoms with Crippen LogP contribution in [0.15, 0.2) is 70.6 Å². The molecule has 164 valence electrons. The van der Waals surface area contributed by atoms with Crippen LogP contribution in [-0.2, 0) is 17.9 Å². The fourth-order valence-corrected chi connectivity index (χ4v) is 3.77. The zero-order valence-electron chi connectivity index (χ0n) is 17.2. The third-order valence-corrected chi connectivity index (χ3v) is 5.41. The van der Waals surface area contributed by atoms with Crippen LogP contribution in [0.4, 0.5) is 4.39 Å². The van der Waals surface area contributed by atoms with E-state index in [1.54, 1.807) is 42.8 Å². The van der Waals surface area contributed by atoms with Gasteiger partial charge in [0.05, 0.1) is 12.0 Å². The van der Waals surface area contributed by atoms with Crippen LogP contribution in [0.25, 0.3) is 11.6 Å². The van der Waals surface area contributed by atoms with E-state index in [0.717, 1.165) is 0 Å². The SMILES string of the molecule is CCn1c(SCC(=O)NCc2cccnc2Oc2cccc(F)c2)nnc1-c1ccco1. The number of aromatic nitrogens is 4. The summed E-state index contributed by atoms with van der Waals surface area (Å²) in [4.78, 5) is 16.6. The molecule has 8 nitrogen and oxygen atoms in total. The number of carbonyl (C=O) groups excluding carboxylic acids is 1. The van der Waals surface area contributed by atoms with Crippen molar-refractivity contribution in [3.8, 4) is 23.2 Å². The fraction of sp³-hybridized carbons (Fsp3) is 0.182. The quantitative estimate of drug-likeness (QED) is 0.378. The summed E-state index contributed by atoms with van der Waals surface area (Å²) >= 11 is 1.29. The first kappa shape index (κ1) is 21.6. The summed E-state index contributed by atoms with van der Waals surface area (Å²) in [5, 5.41) is 11.8. The number of benzene rings is 1. The molecule has 0 radical (unpaired) electrons. The number of furan rings is 1. The number of amides is 1. The second kappa shape index (κ2) is 10.1. The summed E-state index contributed by atoms with van der Waals surface area (Å²) in [6.07, 6.45) is 3.15. The van der Waals surface area contributed by atoms with Gasteiger partial charge in [0.25, 0.3) is 0 Å². The van der Waals surface area contributed by atoms with Gasteiger partial charge in [-0.05, 0) is 37.3 Å². The fourth-order valence-electron chi connectivity index (χ4n) is 2.94. The lowest BCUT2D eigenvalue weighted by Gasteiger charge is -2.11. The van der Waals surface area contributed by atoms with Crippen molar-refractivity contribution in [2.24, 2.45) is 0 Å². The minimum Gasteiger partial charge on any atom is -0.461 e. The Morgan fingerprint density at radius 3 is 2.91 bits per heavy atom. The Morgan fingerprint density at radius 2 is 2.12 bits per heavy atom. The van der Waals surface area contributed by atoms with Crippen molar-refractivity contribution in [2.75, 3.05) is 5.75 Å². The molecule has 0 saturated heterocycles. The summed E-state index contributed by atoms with van der Waals surface area (Å²) in [5.74, 6) is 1.46. The highest BCUT2D eigenvalue weighted by Gasteiger charge is 2.16. The summed E-state index contributed by atoms with van der Waals surface area (Å²) in [5.41, 5.74) is 0.673. The van der Waals surface area contributed by atoms with Gasteiger partial charge in [0.2, 0.25) is 11.8 Å². The lowest BCUT2D eigenvalue weighted by atomic mass is 10.2. The Hall–Kier alpha value is -3.66. The van der Waals surface area contributed by atoms with Crippen molar-refractivity contribution in [2.45, 2.75) is 25.2 Å². The van der Waals surface area contributed by atoms with Gasteiger partial charge >= 0.3 is 0 Å². The highest BCUT2D eigenvalue weighted by Crippen LogP contribution is 2.25. The average Bonchev–Trinajstić information content (AvgIpc) is 3.46. The first-order valence-corrected chi connectivity index (χ1v) is 10.9. The van der Waals surface area contributed by atoms with E-state index in [4.69, 9.17) is 9.15 Å². The van der Waals surface area contributed by atoms with E-state index < -0.39 is 5.82 Å². The minimum atomic E-state index is -0.402. The number of pyridine rings is 1. The van der Waals surface area contributed by atoms with E-state index in [1.165, 1.54) is 23.9 Å². The number of ether oxygens (including phenoxy) is 1. The summed E-state index contributed by atoms with van der Waals surface area (Å²) in [6, 6.07) is 12.9. The van der Waals surface area contributed by atoms with Crippen molar-refractivity contribution in [3.63, 3.8) is 0 Å². The van der Waals surface area contributed by atoms with Gasteiger partial charge in [-0.1, -0.05) is 23.9 Å².